The van der Waals surface area contributed by atoms with Gasteiger partial charge < -0.3 is 10.1 Å². The van der Waals surface area contributed by atoms with Gasteiger partial charge in [0.25, 0.3) is 5.91 Å². The summed E-state index contributed by atoms with van der Waals surface area (Å²) in [7, 11) is 0. The molecule has 0 fully saturated rings. The maximum atomic E-state index is 12.4. The van der Waals surface area contributed by atoms with Gasteiger partial charge in [-0.1, -0.05) is 42.5 Å². The van der Waals surface area contributed by atoms with E-state index < -0.39 is 5.97 Å². The number of carbonyl (C=O) groups is 3. The Morgan fingerprint density at radius 2 is 1.80 bits per heavy atom. The van der Waals surface area contributed by atoms with E-state index in [0.717, 1.165) is 24.8 Å². The minimum absolute atomic E-state index is 0.0700. The van der Waals surface area contributed by atoms with E-state index in [1.807, 2.05) is 24.3 Å². The Kier molecular flexibility index (Phi) is 5.88. The Hall–Kier alpha value is -3.48. The van der Waals surface area contributed by atoms with Crippen LogP contribution in [0.3, 0.4) is 0 Å². The molecule has 0 radical (unpaired) electrons. The van der Waals surface area contributed by atoms with Gasteiger partial charge in [-0.3, -0.25) is 9.59 Å². The van der Waals surface area contributed by atoms with Crippen LogP contribution in [0.25, 0.3) is 0 Å². The first-order valence-electron chi connectivity index (χ1n) is 10.1. The highest BCUT2D eigenvalue weighted by Crippen LogP contribution is 2.29. The molecule has 0 saturated carbocycles. The summed E-state index contributed by atoms with van der Waals surface area (Å²) >= 11 is 0. The fraction of sp³-hybridized carbons (Fsp3) is 0.304. The summed E-state index contributed by atoms with van der Waals surface area (Å²) in [6.45, 7) is -0.379. The van der Waals surface area contributed by atoms with Gasteiger partial charge in [0.15, 0.2) is 6.61 Å². The highest BCUT2D eigenvalue weighted by molar-refractivity contribution is 6.38. The molecule has 1 atom stereocenters. The van der Waals surface area contributed by atoms with Crippen molar-refractivity contribution in [1.29, 1.82) is 0 Å². The van der Waals surface area contributed by atoms with Crippen LogP contribution in [-0.2, 0) is 25.5 Å². The molecule has 1 aliphatic heterocycles. The summed E-state index contributed by atoms with van der Waals surface area (Å²) < 4.78 is 5.17. The maximum absolute atomic E-state index is 12.4. The Morgan fingerprint density at radius 3 is 2.63 bits per heavy atom. The number of fused-ring (bicyclic) bond motifs is 1. The molecule has 1 aliphatic carbocycles. The number of benzene rings is 2. The molecule has 30 heavy (non-hydrogen) atoms. The van der Waals surface area contributed by atoms with Crippen molar-refractivity contribution in [3.8, 4) is 0 Å². The SMILES string of the molecule is O=C(COC(=O)C1=NN(c2ccccc2)C(=O)CC1)NC1CCCc2ccccc21. The lowest BCUT2D eigenvalue weighted by molar-refractivity contribution is -0.142. The van der Waals surface area contributed by atoms with E-state index in [2.05, 4.69) is 16.5 Å². The second-order valence-corrected chi connectivity index (χ2v) is 7.38. The number of hydrazone groups is 1. The molecule has 2 aromatic rings. The molecule has 0 spiro atoms. The van der Waals surface area contributed by atoms with Gasteiger partial charge in [0.1, 0.15) is 5.71 Å². The van der Waals surface area contributed by atoms with Crippen molar-refractivity contribution >= 4 is 29.2 Å². The van der Waals surface area contributed by atoms with E-state index in [1.54, 1.807) is 24.3 Å². The van der Waals surface area contributed by atoms with Gasteiger partial charge in [-0.2, -0.15) is 5.10 Å². The smallest absolute Gasteiger partial charge is 0.355 e. The Bertz CT molecular complexity index is 987. The lowest BCUT2D eigenvalue weighted by atomic mass is 9.88. The number of carbonyl (C=O) groups excluding carboxylic acids is 3. The molecule has 1 N–H and O–H groups in total. The minimum atomic E-state index is -0.678. The van der Waals surface area contributed by atoms with E-state index in [0.29, 0.717) is 5.69 Å². The summed E-state index contributed by atoms with van der Waals surface area (Å²) in [5.41, 5.74) is 3.08. The van der Waals surface area contributed by atoms with E-state index in [4.69, 9.17) is 4.74 Å². The normalized spacial score (nSPS) is 18.3. The molecule has 2 aromatic carbocycles. The van der Waals surface area contributed by atoms with Crippen molar-refractivity contribution in [2.45, 2.75) is 38.1 Å². The zero-order valence-corrected chi connectivity index (χ0v) is 16.5. The molecule has 4 rings (SSSR count). The third-order valence-electron chi connectivity index (χ3n) is 5.31. The molecule has 1 heterocycles. The zero-order chi connectivity index (χ0) is 20.9. The monoisotopic (exact) mass is 405 g/mol. The molecule has 0 saturated heterocycles. The number of hydrogen-bond acceptors (Lipinski definition) is 5. The number of rotatable bonds is 5. The lowest BCUT2D eigenvalue weighted by Crippen LogP contribution is -2.37. The molecule has 7 heteroatoms. The van der Waals surface area contributed by atoms with E-state index >= 15 is 0 Å². The second-order valence-electron chi connectivity index (χ2n) is 7.38. The third-order valence-corrected chi connectivity index (χ3v) is 5.31. The standard InChI is InChI=1S/C23H23N3O4/c27-21(24-19-12-6-8-16-7-4-5-11-18(16)19)15-30-23(29)20-13-14-22(28)26(25-20)17-9-2-1-3-10-17/h1-5,7,9-11,19H,6,8,12-15H2,(H,24,27). The van der Waals surface area contributed by atoms with Crippen LogP contribution in [-0.4, -0.2) is 30.1 Å². The number of nitrogens with zero attached hydrogens (tertiary/aromatic N) is 2. The van der Waals surface area contributed by atoms with Crippen molar-refractivity contribution in [2.24, 2.45) is 5.10 Å². The largest absolute Gasteiger partial charge is 0.451 e. The lowest BCUT2D eigenvalue weighted by Gasteiger charge is -2.26. The maximum Gasteiger partial charge on any atom is 0.355 e. The topological polar surface area (TPSA) is 88.1 Å². The van der Waals surface area contributed by atoms with Crippen LogP contribution in [0.2, 0.25) is 0 Å². The Morgan fingerprint density at radius 1 is 1.03 bits per heavy atom. The second kappa shape index (κ2) is 8.90. The molecule has 154 valence electrons. The van der Waals surface area contributed by atoms with Crippen molar-refractivity contribution in [1.82, 2.24) is 5.32 Å². The number of esters is 1. The first kappa shape index (κ1) is 19.8. The van der Waals surface area contributed by atoms with Gasteiger partial charge in [0.05, 0.1) is 11.7 Å². The van der Waals surface area contributed by atoms with E-state index in [9.17, 15) is 14.4 Å². The summed E-state index contributed by atoms with van der Waals surface area (Å²) in [5, 5.41) is 8.31. The van der Waals surface area contributed by atoms with Crippen molar-refractivity contribution < 1.29 is 19.1 Å². The van der Waals surface area contributed by atoms with Crippen LogP contribution in [0.1, 0.15) is 42.9 Å². The van der Waals surface area contributed by atoms with Gasteiger partial charge in [0.2, 0.25) is 5.91 Å². The number of amides is 2. The first-order chi connectivity index (χ1) is 14.6. The number of anilines is 1. The summed E-state index contributed by atoms with van der Waals surface area (Å²) in [6.07, 6.45) is 3.22. The Labute approximate surface area is 174 Å². The van der Waals surface area contributed by atoms with Crippen LogP contribution in [0, 0.1) is 0 Å². The fourth-order valence-electron chi connectivity index (χ4n) is 3.83. The van der Waals surface area contributed by atoms with Crippen molar-refractivity contribution in [3.63, 3.8) is 0 Å². The molecule has 7 nitrogen and oxygen atoms in total. The molecule has 0 bridgehead atoms. The van der Waals surface area contributed by atoms with Gasteiger partial charge in [-0.05, 0) is 42.5 Å². The first-order valence-corrected chi connectivity index (χ1v) is 10.1. The van der Waals surface area contributed by atoms with Crippen LogP contribution in [0.5, 0.6) is 0 Å². The van der Waals surface area contributed by atoms with Crippen LogP contribution in [0.15, 0.2) is 59.7 Å². The molecular weight excluding hydrogens is 382 g/mol. The van der Waals surface area contributed by atoms with E-state index in [-0.39, 0.29) is 43.0 Å². The molecule has 2 aliphatic rings. The van der Waals surface area contributed by atoms with Crippen LogP contribution in [0.4, 0.5) is 5.69 Å². The average molecular weight is 405 g/mol. The average Bonchev–Trinajstić information content (AvgIpc) is 2.78. The number of para-hydroxylation sites is 1. The van der Waals surface area contributed by atoms with Gasteiger partial charge in [0, 0.05) is 12.8 Å². The van der Waals surface area contributed by atoms with Gasteiger partial charge in [-0.25, -0.2) is 9.80 Å². The van der Waals surface area contributed by atoms with Crippen molar-refractivity contribution in [3.05, 3.63) is 65.7 Å². The molecule has 0 aromatic heterocycles. The molecular formula is C23H23N3O4. The van der Waals surface area contributed by atoms with Gasteiger partial charge in [-0.15, -0.1) is 0 Å². The summed E-state index contributed by atoms with van der Waals surface area (Å²) in [4.78, 5) is 36.9. The van der Waals surface area contributed by atoms with Gasteiger partial charge >= 0.3 is 5.97 Å². The quantitative estimate of drug-likeness (QED) is 0.775. The highest BCUT2D eigenvalue weighted by atomic mass is 16.5. The molecule has 1 unspecified atom stereocenters. The number of hydrogen-bond donors (Lipinski definition) is 1. The Balaban J connectivity index is 1.35. The third kappa shape index (κ3) is 4.40. The highest BCUT2D eigenvalue weighted by Gasteiger charge is 2.27. The summed E-state index contributed by atoms with van der Waals surface area (Å²) in [6, 6.07) is 16.9. The predicted octanol–water partition coefficient (Wildman–Crippen LogP) is 2.91. The fourth-order valence-corrected chi connectivity index (χ4v) is 3.83. The van der Waals surface area contributed by atoms with Crippen molar-refractivity contribution in [2.75, 3.05) is 11.6 Å². The summed E-state index contributed by atoms with van der Waals surface area (Å²) in [5.74, 6) is -1.22. The van der Waals surface area contributed by atoms with Crippen LogP contribution >= 0.6 is 0 Å². The number of nitrogens with one attached hydrogen (secondary N) is 1. The number of ether oxygens (including phenoxy) is 1. The minimum Gasteiger partial charge on any atom is -0.451 e. The number of aryl methyl sites for hydroxylation is 1. The predicted molar refractivity (Wildman–Crippen MR) is 112 cm³/mol. The van der Waals surface area contributed by atoms with E-state index in [1.165, 1.54) is 10.6 Å². The molecule has 2 amide bonds. The zero-order valence-electron chi connectivity index (χ0n) is 16.5. The van der Waals surface area contributed by atoms with Crippen LogP contribution < -0.4 is 10.3 Å².